The summed E-state index contributed by atoms with van der Waals surface area (Å²) < 4.78 is 29.5. The van der Waals surface area contributed by atoms with Gasteiger partial charge in [0.2, 0.25) is 6.10 Å². The number of carbonyl (C=O) groups excluding carboxylic acids is 7. The molecule has 0 radical (unpaired) electrons. The maximum absolute atomic E-state index is 14.7. The third kappa shape index (κ3) is 8.38. The molecular weight excluding hydrogens is 672 g/mol. The summed E-state index contributed by atoms with van der Waals surface area (Å²) >= 11 is 0. The minimum absolute atomic E-state index is 0.0745. The summed E-state index contributed by atoms with van der Waals surface area (Å²) in [5, 5.41) is 0. The molecule has 12 nitrogen and oxygen atoms in total. The summed E-state index contributed by atoms with van der Waals surface area (Å²) in [7, 11) is 0. The third-order valence-electron chi connectivity index (χ3n) is 9.34. The van der Waals surface area contributed by atoms with Crippen LogP contribution in [-0.4, -0.2) is 71.4 Å². The Bertz CT molecular complexity index is 1760. The number of benzene rings is 2. The minimum atomic E-state index is -2.09. The van der Waals surface area contributed by atoms with Crippen molar-refractivity contribution in [3.8, 4) is 0 Å². The van der Waals surface area contributed by atoms with Gasteiger partial charge < -0.3 is 23.7 Å². The van der Waals surface area contributed by atoms with Crippen LogP contribution in [0.5, 0.6) is 0 Å². The van der Waals surface area contributed by atoms with Crippen molar-refractivity contribution in [3.05, 3.63) is 96.1 Å². The molecule has 2 aliphatic rings. The Morgan fingerprint density at radius 3 is 1.65 bits per heavy atom. The Morgan fingerprint density at radius 1 is 0.673 bits per heavy atom. The van der Waals surface area contributed by atoms with Gasteiger partial charge in [0.15, 0.2) is 23.3 Å². The monoisotopic (exact) mass is 716 g/mol. The van der Waals surface area contributed by atoms with Gasteiger partial charge in [-0.3, -0.25) is 24.0 Å². The molecule has 0 spiro atoms. The highest BCUT2D eigenvalue weighted by molar-refractivity contribution is 5.97. The van der Waals surface area contributed by atoms with E-state index in [4.69, 9.17) is 23.7 Å². The lowest BCUT2D eigenvalue weighted by atomic mass is 9.72. The molecule has 276 valence electrons. The normalized spacial score (nSPS) is 29.3. The number of ether oxygens (including phenoxy) is 5. The van der Waals surface area contributed by atoms with Crippen LogP contribution in [0, 0.1) is 23.2 Å². The van der Waals surface area contributed by atoms with Gasteiger partial charge in [0.05, 0.1) is 17.0 Å². The van der Waals surface area contributed by atoms with E-state index in [-0.39, 0.29) is 23.1 Å². The lowest BCUT2D eigenvalue weighted by molar-refractivity contribution is -0.182. The van der Waals surface area contributed by atoms with Crippen LogP contribution in [0.2, 0.25) is 0 Å². The molecule has 4 rings (SSSR count). The van der Waals surface area contributed by atoms with Crippen LogP contribution < -0.4 is 0 Å². The highest BCUT2D eigenvalue weighted by atomic mass is 16.6. The van der Waals surface area contributed by atoms with Crippen molar-refractivity contribution >= 4 is 41.4 Å². The second-order valence-electron chi connectivity index (χ2n) is 13.9. The van der Waals surface area contributed by atoms with Crippen molar-refractivity contribution in [1.82, 2.24) is 0 Å². The molecule has 52 heavy (non-hydrogen) atoms. The molecule has 0 unspecified atom stereocenters. The van der Waals surface area contributed by atoms with Crippen LogP contribution in [0.4, 0.5) is 0 Å². The molecule has 0 saturated heterocycles. The van der Waals surface area contributed by atoms with Crippen LogP contribution in [0.15, 0.2) is 85.0 Å². The van der Waals surface area contributed by atoms with Crippen LogP contribution in [-0.2, 0) is 47.7 Å². The molecule has 8 atom stereocenters. The number of ketones is 2. The van der Waals surface area contributed by atoms with Crippen LogP contribution in [0.3, 0.4) is 0 Å². The maximum atomic E-state index is 14.7. The topological polar surface area (TPSA) is 166 Å². The largest absolute Gasteiger partial charge is 0.462 e. The summed E-state index contributed by atoms with van der Waals surface area (Å²) in [5.41, 5.74) is -3.69. The number of rotatable bonds is 7. The second-order valence-corrected chi connectivity index (χ2v) is 13.9. The fraction of sp³-hybridized carbons (Fsp3) is 0.425. The second kappa shape index (κ2) is 15.9. The Labute approximate surface area is 302 Å². The fourth-order valence-corrected chi connectivity index (χ4v) is 6.96. The van der Waals surface area contributed by atoms with Crippen molar-refractivity contribution in [1.29, 1.82) is 0 Å². The smallest absolute Gasteiger partial charge is 0.338 e. The number of esters is 5. The molecule has 0 heterocycles. The maximum Gasteiger partial charge on any atom is 0.338 e. The quantitative estimate of drug-likeness (QED) is 0.210. The van der Waals surface area contributed by atoms with Crippen LogP contribution >= 0.6 is 0 Å². The van der Waals surface area contributed by atoms with Crippen molar-refractivity contribution in [2.75, 3.05) is 0 Å². The molecule has 1 saturated carbocycles. The van der Waals surface area contributed by atoms with E-state index >= 15 is 0 Å². The fourth-order valence-electron chi connectivity index (χ4n) is 6.96. The molecular formula is C40H44O12. The Balaban J connectivity index is 2.07. The van der Waals surface area contributed by atoms with Crippen LogP contribution in [0.25, 0.3) is 0 Å². The summed E-state index contributed by atoms with van der Waals surface area (Å²) in [6, 6.07) is 15.6. The number of hydrogen-bond acceptors (Lipinski definition) is 12. The van der Waals surface area contributed by atoms with E-state index in [0.29, 0.717) is 0 Å². The molecule has 0 aromatic heterocycles. The van der Waals surface area contributed by atoms with Gasteiger partial charge in [0.1, 0.15) is 12.2 Å². The van der Waals surface area contributed by atoms with E-state index in [1.807, 2.05) is 0 Å². The first-order chi connectivity index (χ1) is 24.4. The summed E-state index contributed by atoms with van der Waals surface area (Å²) in [6.07, 6.45) is -3.92. The zero-order chi connectivity index (χ0) is 38.5. The molecule has 2 aromatic rings. The van der Waals surface area contributed by atoms with Gasteiger partial charge in [0, 0.05) is 44.1 Å². The van der Waals surface area contributed by atoms with Gasteiger partial charge in [0.25, 0.3) is 0 Å². The van der Waals surface area contributed by atoms with Gasteiger partial charge in [-0.2, -0.15) is 0 Å². The van der Waals surface area contributed by atoms with Crippen molar-refractivity contribution < 1.29 is 57.2 Å². The zero-order valence-corrected chi connectivity index (χ0v) is 30.3. The van der Waals surface area contributed by atoms with E-state index in [0.717, 1.165) is 20.8 Å². The summed E-state index contributed by atoms with van der Waals surface area (Å²) in [6.45, 7) is 13.8. The third-order valence-corrected chi connectivity index (χ3v) is 9.34. The van der Waals surface area contributed by atoms with Gasteiger partial charge in [-0.25, -0.2) is 9.59 Å². The summed E-state index contributed by atoms with van der Waals surface area (Å²) in [4.78, 5) is 95.1. The van der Waals surface area contributed by atoms with E-state index in [1.54, 1.807) is 50.2 Å². The molecule has 0 N–H and O–H groups in total. The molecule has 2 aromatic carbocycles. The van der Waals surface area contributed by atoms with E-state index in [1.165, 1.54) is 50.3 Å². The number of hydrogen-bond donors (Lipinski definition) is 0. The lowest BCUT2D eigenvalue weighted by Gasteiger charge is -2.42. The number of carbonyl (C=O) groups is 7. The average molecular weight is 717 g/mol. The zero-order valence-electron chi connectivity index (χ0n) is 30.3. The molecule has 0 amide bonds. The lowest BCUT2D eigenvalue weighted by Crippen LogP contribution is -2.58. The molecule has 1 fully saturated rings. The van der Waals surface area contributed by atoms with Crippen molar-refractivity contribution in [2.24, 2.45) is 23.2 Å². The van der Waals surface area contributed by atoms with Gasteiger partial charge in [-0.15, -0.1) is 0 Å². The Kier molecular flexibility index (Phi) is 12.0. The number of fused-ring (bicyclic) bond motifs is 1. The predicted molar refractivity (Wildman–Crippen MR) is 185 cm³/mol. The predicted octanol–water partition coefficient (Wildman–Crippen LogP) is 5.19. The highest BCUT2D eigenvalue weighted by Crippen LogP contribution is 2.51. The minimum Gasteiger partial charge on any atom is -0.462 e. The first kappa shape index (κ1) is 39.4. The molecule has 0 aliphatic heterocycles. The first-order valence-corrected chi connectivity index (χ1v) is 16.9. The van der Waals surface area contributed by atoms with Crippen molar-refractivity contribution in [3.63, 3.8) is 0 Å². The van der Waals surface area contributed by atoms with Crippen LogP contribution in [0.1, 0.15) is 75.6 Å². The van der Waals surface area contributed by atoms with Gasteiger partial charge in [-0.1, -0.05) is 69.0 Å². The highest BCUT2D eigenvalue weighted by Gasteiger charge is 2.66. The number of Topliss-reactive ketones (excluding diaryl/α,β-unsaturated/α-hetero) is 2. The Morgan fingerprint density at radius 2 is 1.17 bits per heavy atom. The van der Waals surface area contributed by atoms with Gasteiger partial charge in [-0.05, 0) is 44.0 Å². The first-order valence-electron chi connectivity index (χ1n) is 16.9. The molecule has 0 bridgehead atoms. The number of allylic oxidation sites excluding steroid dienone is 2. The molecule has 12 heteroatoms. The molecule has 2 aliphatic carbocycles. The average Bonchev–Trinajstić information content (AvgIpc) is 3.36. The Hall–Kier alpha value is -5.39. The van der Waals surface area contributed by atoms with Crippen molar-refractivity contribution in [2.45, 2.75) is 84.9 Å². The summed E-state index contributed by atoms with van der Waals surface area (Å²) in [5.74, 6) is -8.89. The van der Waals surface area contributed by atoms with Gasteiger partial charge >= 0.3 is 29.8 Å². The van der Waals surface area contributed by atoms with E-state index < -0.39 is 94.6 Å². The SMILES string of the molecule is C=C1[C@H](OC(=O)c2ccccc2)[C@H]2[C@@H](OC(C)=O)[C@@H](C)C[C@]2(OC(C)=O)C(=O)[C@@H](C)/C=C/C(C)(C)C(=O)[C@H](OC(=O)c2ccccc2)[C@H]1OC(C)=O. The van der Waals surface area contributed by atoms with E-state index in [2.05, 4.69) is 6.58 Å². The van der Waals surface area contributed by atoms with E-state index in [9.17, 15) is 33.6 Å². The standard InChI is InChI=1S/C40H44O12/c1-22-19-20-39(7,8)36(45)34(51-38(47)29-17-13-10-14-18-29)33(49-26(5)42)24(3)32(50-37(46)28-15-11-9-12-16-28)30-31(48-25(4)41)23(2)21-40(30,35(22)44)52-27(6)43/h9-20,22-23,30-34H,3,21H2,1-2,4-8H3/b20-19+/t22-,23-,30+,31-,32-,33-,34+,40+/m0/s1.